The van der Waals surface area contributed by atoms with Crippen molar-refractivity contribution in [3.05, 3.63) is 83.1 Å². The average Bonchev–Trinajstić information content (AvgIpc) is 3.16. The highest BCUT2D eigenvalue weighted by Gasteiger charge is 2.27. The topological polar surface area (TPSA) is 80.6 Å². The Morgan fingerprint density at radius 3 is 2.34 bits per heavy atom. The maximum absolute atomic E-state index is 14.1. The first-order valence-electron chi connectivity index (χ1n) is 9.32. The smallest absolute Gasteiger partial charge is 0.411 e. The molecule has 0 radical (unpaired) electrons. The Morgan fingerprint density at radius 1 is 1.00 bits per heavy atom. The van der Waals surface area contributed by atoms with Gasteiger partial charge in [0, 0.05) is 11.3 Å². The molecule has 2 amide bonds. The van der Waals surface area contributed by atoms with Crippen molar-refractivity contribution in [2.24, 2.45) is 0 Å². The highest BCUT2D eigenvalue weighted by molar-refractivity contribution is 6.06. The van der Waals surface area contributed by atoms with E-state index in [2.05, 4.69) is 15.4 Å². The molecule has 1 heterocycles. The van der Waals surface area contributed by atoms with E-state index in [4.69, 9.17) is 4.42 Å². The second kappa shape index (κ2) is 9.65. The first-order chi connectivity index (χ1) is 15.1. The molecule has 32 heavy (non-hydrogen) atoms. The molecule has 6 nitrogen and oxygen atoms in total. The highest BCUT2D eigenvalue weighted by atomic mass is 19.4. The largest absolute Gasteiger partial charge is 0.469 e. The Morgan fingerprint density at radius 2 is 1.72 bits per heavy atom. The first kappa shape index (κ1) is 23.0. The number of anilines is 2. The minimum atomic E-state index is -4.41. The lowest BCUT2D eigenvalue weighted by Crippen LogP contribution is -2.17. The normalized spacial score (nSPS) is 11.3. The van der Waals surface area contributed by atoms with Gasteiger partial charge < -0.3 is 19.8 Å². The number of alkyl halides is 3. The molecule has 0 fully saturated rings. The van der Waals surface area contributed by atoms with Crippen LogP contribution < -0.4 is 10.6 Å². The molecule has 0 aliphatic rings. The quantitative estimate of drug-likeness (QED) is 0.478. The number of carbonyl (C=O) groups is 2. The Labute approximate surface area is 180 Å². The fraction of sp³-hybridized carbons (Fsp3) is 0.182. The molecular weight excluding hydrogens is 432 g/mol. The molecule has 2 N–H and O–H groups in total. The number of furan rings is 1. The molecule has 0 saturated heterocycles. The van der Waals surface area contributed by atoms with E-state index in [1.165, 1.54) is 48.7 Å². The van der Waals surface area contributed by atoms with Gasteiger partial charge in [0.15, 0.2) is 0 Å². The van der Waals surface area contributed by atoms with Crippen LogP contribution in [0.3, 0.4) is 0 Å². The third-order valence-corrected chi connectivity index (χ3v) is 4.33. The van der Waals surface area contributed by atoms with Crippen LogP contribution in [0.5, 0.6) is 0 Å². The second-order valence-corrected chi connectivity index (χ2v) is 6.80. The molecule has 1 aromatic heterocycles. The summed E-state index contributed by atoms with van der Waals surface area (Å²) in [5, 5.41) is 5.00. The van der Waals surface area contributed by atoms with Crippen molar-refractivity contribution in [2.45, 2.75) is 19.7 Å². The van der Waals surface area contributed by atoms with Crippen LogP contribution in [0, 0.1) is 12.7 Å². The summed E-state index contributed by atoms with van der Waals surface area (Å²) < 4.78 is 60.1. The molecule has 168 valence electrons. The van der Waals surface area contributed by atoms with Crippen molar-refractivity contribution < 1.29 is 36.3 Å². The van der Waals surface area contributed by atoms with Crippen LogP contribution in [-0.2, 0) is 11.3 Å². The van der Waals surface area contributed by atoms with Gasteiger partial charge in [0.2, 0.25) is 0 Å². The van der Waals surface area contributed by atoms with Crippen LogP contribution >= 0.6 is 0 Å². The van der Waals surface area contributed by atoms with E-state index in [1.54, 1.807) is 6.92 Å². The second-order valence-electron chi connectivity index (χ2n) is 6.80. The van der Waals surface area contributed by atoms with Crippen molar-refractivity contribution in [1.82, 2.24) is 0 Å². The summed E-state index contributed by atoms with van der Waals surface area (Å²) in [6, 6.07) is 10.9. The number of carbonyl (C=O) groups excluding carboxylic acids is 2. The fourth-order valence-electron chi connectivity index (χ4n) is 2.75. The maximum atomic E-state index is 14.1. The zero-order valence-electron chi connectivity index (χ0n) is 16.8. The summed E-state index contributed by atoms with van der Waals surface area (Å²) in [4.78, 5) is 24.7. The lowest BCUT2D eigenvalue weighted by molar-refractivity contribution is -0.176. The first-order valence-corrected chi connectivity index (χ1v) is 9.32. The van der Waals surface area contributed by atoms with E-state index in [0.717, 1.165) is 6.07 Å². The Balaban J connectivity index is 1.63. The number of hydrogen-bond donors (Lipinski definition) is 2. The van der Waals surface area contributed by atoms with Crippen LogP contribution in [-0.4, -0.2) is 24.6 Å². The number of amides is 2. The summed E-state index contributed by atoms with van der Waals surface area (Å²) in [7, 11) is 0. The summed E-state index contributed by atoms with van der Waals surface area (Å²) in [6.07, 6.45) is -3.07. The van der Waals surface area contributed by atoms with Gasteiger partial charge in [0.05, 0.1) is 24.1 Å². The highest BCUT2D eigenvalue weighted by Crippen LogP contribution is 2.22. The van der Waals surface area contributed by atoms with Gasteiger partial charge in [-0.2, -0.15) is 13.2 Å². The van der Waals surface area contributed by atoms with Gasteiger partial charge in [-0.15, -0.1) is 0 Å². The Bertz CT molecular complexity index is 1110. The monoisotopic (exact) mass is 450 g/mol. The lowest BCUT2D eigenvalue weighted by Gasteiger charge is -2.11. The van der Waals surface area contributed by atoms with Crippen molar-refractivity contribution in [2.75, 3.05) is 17.2 Å². The Kier molecular flexibility index (Phi) is 6.94. The number of aryl methyl sites for hydroxylation is 1. The maximum Gasteiger partial charge on any atom is 0.411 e. The molecule has 0 spiro atoms. The predicted molar refractivity (Wildman–Crippen MR) is 108 cm³/mol. The van der Waals surface area contributed by atoms with Crippen LogP contribution in [0.25, 0.3) is 0 Å². The molecule has 0 atom stereocenters. The van der Waals surface area contributed by atoms with Gasteiger partial charge in [-0.25, -0.2) is 4.39 Å². The number of nitrogens with one attached hydrogen (secondary N) is 2. The molecule has 2 aromatic carbocycles. The molecular formula is C22H18F4N2O4. The van der Waals surface area contributed by atoms with E-state index in [0.29, 0.717) is 11.3 Å². The van der Waals surface area contributed by atoms with Crippen LogP contribution in [0.15, 0.2) is 59.2 Å². The SMILES string of the molecule is Cc1occc1C(=O)Nc1cc(NC(=O)c2ccc(COCC(F)(F)F)cc2)ccc1F. The van der Waals surface area contributed by atoms with Crippen LogP contribution in [0.1, 0.15) is 32.0 Å². The number of benzene rings is 2. The number of hydrogen-bond acceptors (Lipinski definition) is 4. The summed E-state index contributed by atoms with van der Waals surface area (Å²) in [5.74, 6) is -1.41. The number of ether oxygens (including phenoxy) is 1. The molecule has 0 bridgehead atoms. The third kappa shape index (κ3) is 6.17. The van der Waals surface area contributed by atoms with Crippen molar-refractivity contribution in [3.8, 4) is 0 Å². The summed E-state index contributed by atoms with van der Waals surface area (Å²) >= 11 is 0. The molecule has 3 aromatic rings. The standard InChI is InChI=1S/C22H18F4N2O4/c1-13-17(8-9-32-13)21(30)28-19-10-16(6-7-18(19)23)27-20(29)15-4-2-14(3-5-15)11-31-12-22(24,25)26/h2-10H,11-12H2,1H3,(H,27,29)(H,28,30). The molecule has 0 saturated carbocycles. The van der Waals surface area contributed by atoms with Crippen molar-refractivity contribution in [3.63, 3.8) is 0 Å². The van der Waals surface area contributed by atoms with Gasteiger partial charge in [-0.3, -0.25) is 9.59 Å². The zero-order chi connectivity index (χ0) is 23.3. The predicted octanol–water partition coefficient (Wildman–Crippen LogP) is 5.31. The lowest BCUT2D eigenvalue weighted by atomic mass is 10.1. The molecule has 3 rings (SSSR count). The summed E-state index contributed by atoms with van der Waals surface area (Å²) in [5.41, 5.74) is 1.04. The fourth-order valence-corrected chi connectivity index (χ4v) is 2.75. The molecule has 0 unspecified atom stereocenters. The van der Waals surface area contributed by atoms with E-state index < -0.39 is 30.4 Å². The Hall–Kier alpha value is -3.66. The summed E-state index contributed by atoms with van der Waals surface area (Å²) in [6.45, 7) is -0.0208. The number of halogens is 4. The van der Waals surface area contributed by atoms with Crippen LogP contribution in [0.2, 0.25) is 0 Å². The van der Waals surface area contributed by atoms with E-state index in [9.17, 15) is 27.2 Å². The average molecular weight is 450 g/mol. The van der Waals surface area contributed by atoms with Gasteiger partial charge in [-0.05, 0) is 48.9 Å². The minimum absolute atomic E-state index is 0.134. The van der Waals surface area contributed by atoms with Crippen molar-refractivity contribution >= 4 is 23.2 Å². The third-order valence-electron chi connectivity index (χ3n) is 4.33. The number of rotatable bonds is 7. The van der Waals surface area contributed by atoms with Gasteiger partial charge >= 0.3 is 6.18 Å². The zero-order valence-corrected chi connectivity index (χ0v) is 16.8. The molecule has 0 aliphatic heterocycles. The molecule has 0 aliphatic carbocycles. The molecule has 10 heteroatoms. The minimum Gasteiger partial charge on any atom is -0.469 e. The van der Waals surface area contributed by atoms with Crippen LogP contribution in [0.4, 0.5) is 28.9 Å². The van der Waals surface area contributed by atoms with E-state index in [-0.39, 0.29) is 29.1 Å². The van der Waals surface area contributed by atoms with Gasteiger partial charge in [0.1, 0.15) is 18.2 Å². The van der Waals surface area contributed by atoms with Gasteiger partial charge in [0.25, 0.3) is 11.8 Å². The van der Waals surface area contributed by atoms with E-state index in [1.807, 2.05) is 0 Å². The van der Waals surface area contributed by atoms with Gasteiger partial charge in [-0.1, -0.05) is 12.1 Å². The van der Waals surface area contributed by atoms with Crippen molar-refractivity contribution in [1.29, 1.82) is 0 Å². The van der Waals surface area contributed by atoms with E-state index >= 15 is 0 Å².